The largest absolute Gasteiger partial charge is 0.481 e. The molecule has 0 heterocycles. The molecule has 0 spiro atoms. The van der Waals surface area contributed by atoms with Gasteiger partial charge in [0.05, 0.1) is 11.7 Å². The van der Waals surface area contributed by atoms with E-state index in [9.17, 15) is 13.2 Å². The topological polar surface area (TPSA) is 71.4 Å². The summed E-state index contributed by atoms with van der Waals surface area (Å²) in [4.78, 5) is 10.7. The maximum atomic E-state index is 10.9. The van der Waals surface area contributed by atoms with Crippen molar-refractivity contribution in [3.05, 3.63) is 0 Å². The maximum Gasteiger partial charge on any atom is 0.307 e. The van der Waals surface area contributed by atoms with Gasteiger partial charge in [-0.2, -0.15) is 0 Å². The number of carboxylic acid groups (broad SMARTS) is 1. The molecule has 1 rings (SSSR count). The van der Waals surface area contributed by atoms with Gasteiger partial charge in [0.25, 0.3) is 0 Å². The van der Waals surface area contributed by atoms with Crippen molar-refractivity contribution in [2.24, 2.45) is 11.8 Å². The standard InChI is InChI=1S/C8H14O4S/c1-13(11,12)5-7(8(9)10)6-3-2-4-6/h6-7H,2-5H2,1H3,(H,9,10). The Morgan fingerprint density at radius 3 is 2.31 bits per heavy atom. The molecule has 1 atom stereocenters. The molecule has 0 bridgehead atoms. The number of sulfone groups is 1. The molecule has 0 aromatic rings. The summed E-state index contributed by atoms with van der Waals surface area (Å²) in [7, 11) is -3.17. The fourth-order valence-corrected chi connectivity index (χ4v) is 2.64. The number of hydrogen-bond donors (Lipinski definition) is 1. The van der Waals surface area contributed by atoms with Crippen molar-refractivity contribution >= 4 is 15.8 Å². The lowest BCUT2D eigenvalue weighted by Crippen LogP contribution is -2.33. The van der Waals surface area contributed by atoms with Crippen LogP contribution in [0.25, 0.3) is 0 Å². The molecule has 5 heteroatoms. The minimum Gasteiger partial charge on any atom is -0.481 e. The average Bonchev–Trinajstić information content (AvgIpc) is 1.78. The van der Waals surface area contributed by atoms with Crippen LogP contribution >= 0.6 is 0 Å². The van der Waals surface area contributed by atoms with Crippen LogP contribution in [0.1, 0.15) is 19.3 Å². The molecule has 1 saturated carbocycles. The van der Waals surface area contributed by atoms with Crippen molar-refractivity contribution < 1.29 is 18.3 Å². The molecule has 1 N–H and O–H groups in total. The maximum absolute atomic E-state index is 10.9. The van der Waals surface area contributed by atoms with Crippen LogP contribution in [0.4, 0.5) is 0 Å². The first kappa shape index (κ1) is 10.5. The molecule has 0 radical (unpaired) electrons. The minimum absolute atomic E-state index is 0.0761. The zero-order valence-electron chi connectivity index (χ0n) is 7.56. The van der Waals surface area contributed by atoms with Gasteiger partial charge in [-0.1, -0.05) is 6.42 Å². The van der Waals surface area contributed by atoms with E-state index in [2.05, 4.69) is 0 Å². The molecule has 0 aromatic heterocycles. The first-order chi connectivity index (χ1) is 5.90. The van der Waals surface area contributed by atoms with Crippen molar-refractivity contribution in [3.8, 4) is 0 Å². The summed E-state index contributed by atoms with van der Waals surface area (Å²) in [5, 5.41) is 8.81. The summed E-state index contributed by atoms with van der Waals surface area (Å²) in [6, 6.07) is 0. The van der Waals surface area contributed by atoms with Crippen LogP contribution in [0, 0.1) is 11.8 Å². The number of hydrogen-bond acceptors (Lipinski definition) is 3. The monoisotopic (exact) mass is 206 g/mol. The van der Waals surface area contributed by atoms with Gasteiger partial charge in [0.15, 0.2) is 0 Å². The second kappa shape index (κ2) is 3.65. The molecule has 0 aliphatic heterocycles. The first-order valence-electron chi connectivity index (χ1n) is 4.30. The third-order valence-electron chi connectivity index (χ3n) is 2.52. The van der Waals surface area contributed by atoms with Crippen LogP contribution in [-0.4, -0.2) is 31.5 Å². The highest BCUT2D eigenvalue weighted by molar-refractivity contribution is 7.90. The summed E-state index contributed by atoms with van der Waals surface area (Å²) < 4.78 is 21.9. The van der Waals surface area contributed by atoms with Crippen molar-refractivity contribution in [3.63, 3.8) is 0 Å². The molecule has 1 fully saturated rings. The zero-order chi connectivity index (χ0) is 10.1. The summed E-state index contributed by atoms with van der Waals surface area (Å²) in [6.45, 7) is 0. The van der Waals surface area contributed by atoms with Crippen molar-refractivity contribution in [1.29, 1.82) is 0 Å². The number of rotatable bonds is 4. The summed E-state index contributed by atoms with van der Waals surface area (Å²) in [5.74, 6) is -1.81. The predicted molar refractivity (Wildman–Crippen MR) is 48.2 cm³/mol. The molecule has 1 aliphatic carbocycles. The number of aliphatic carboxylic acids is 1. The molecule has 1 unspecified atom stereocenters. The second-order valence-corrected chi connectivity index (χ2v) is 5.91. The SMILES string of the molecule is CS(=O)(=O)CC(C(=O)O)C1CCC1. The van der Waals surface area contributed by atoms with Gasteiger partial charge in [0.1, 0.15) is 9.84 Å². The highest BCUT2D eigenvalue weighted by atomic mass is 32.2. The van der Waals surface area contributed by atoms with E-state index in [1.807, 2.05) is 0 Å². The van der Waals surface area contributed by atoms with Crippen molar-refractivity contribution in [2.75, 3.05) is 12.0 Å². The van der Waals surface area contributed by atoms with Gasteiger partial charge >= 0.3 is 5.97 Å². The lowest BCUT2D eigenvalue weighted by atomic mass is 9.77. The average molecular weight is 206 g/mol. The Morgan fingerprint density at radius 2 is 2.08 bits per heavy atom. The molecular formula is C8H14O4S. The Kier molecular flexibility index (Phi) is 2.95. The van der Waals surface area contributed by atoms with Gasteiger partial charge in [0, 0.05) is 6.26 Å². The summed E-state index contributed by atoms with van der Waals surface area (Å²) >= 11 is 0. The van der Waals surface area contributed by atoms with Gasteiger partial charge in [-0.05, 0) is 18.8 Å². The third-order valence-corrected chi connectivity index (χ3v) is 3.48. The molecule has 0 aromatic carbocycles. The molecule has 4 nitrogen and oxygen atoms in total. The van der Waals surface area contributed by atoms with Crippen LogP contribution in [-0.2, 0) is 14.6 Å². The molecule has 0 saturated heterocycles. The van der Waals surface area contributed by atoms with E-state index in [1.165, 1.54) is 0 Å². The first-order valence-corrected chi connectivity index (χ1v) is 6.37. The summed E-state index contributed by atoms with van der Waals surface area (Å²) in [6.07, 6.45) is 3.82. The van der Waals surface area contributed by atoms with Gasteiger partial charge in [-0.15, -0.1) is 0 Å². The van der Waals surface area contributed by atoms with E-state index < -0.39 is 21.7 Å². The Morgan fingerprint density at radius 1 is 1.54 bits per heavy atom. The van der Waals surface area contributed by atoms with Crippen LogP contribution in [0.15, 0.2) is 0 Å². The lowest BCUT2D eigenvalue weighted by molar-refractivity contribution is -0.143. The van der Waals surface area contributed by atoms with Gasteiger partial charge in [-0.25, -0.2) is 8.42 Å². The lowest BCUT2D eigenvalue weighted by Gasteiger charge is -2.30. The van der Waals surface area contributed by atoms with E-state index in [0.29, 0.717) is 0 Å². The van der Waals surface area contributed by atoms with E-state index in [4.69, 9.17) is 5.11 Å². The Balaban J connectivity index is 2.63. The normalized spacial score (nSPS) is 20.7. The predicted octanol–water partition coefficient (Wildman–Crippen LogP) is 0.532. The Bertz CT molecular complexity index is 289. The summed E-state index contributed by atoms with van der Waals surface area (Å²) in [5.41, 5.74) is 0. The fourth-order valence-electron chi connectivity index (χ4n) is 1.58. The Labute approximate surface area is 77.9 Å². The van der Waals surface area contributed by atoms with Gasteiger partial charge < -0.3 is 5.11 Å². The molecule has 1 aliphatic rings. The molecular weight excluding hydrogens is 192 g/mol. The van der Waals surface area contributed by atoms with Crippen LogP contribution in [0.3, 0.4) is 0 Å². The van der Waals surface area contributed by atoms with Gasteiger partial charge in [0.2, 0.25) is 0 Å². The van der Waals surface area contributed by atoms with Crippen LogP contribution < -0.4 is 0 Å². The molecule has 13 heavy (non-hydrogen) atoms. The van der Waals surface area contributed by atoms with Crippen molar-refractivity contribution in [2.45, 2.75) is 19.3 Å². The van der Waals surface area contributed by atoms with Crippen LogP contribution in [0.5, 0.6) is 0 Å². The minimum atomic E-state index is -3.17. The number of carbonyl (C=O) groups is 1. The highest BCUT2D eigenvalue weighted by Crippen LogP contribution is 2.34. The zero-order valence-corrected chi connectivity index (χ0v) is 8.38. The Hall–Kier alpha value is -0.580. The van der Waals surface area contributed by atoms with E-state index in [0.717, 1.165) is 25.5 Å². The smallest absolute Gasteiger partial charge is 0.307 e. The van der Waals surface area contributed by atoms with Crippen LogP contribution in [0.2, 0.25) is 0 Å². The van der Waals surface area contributed by atoms with Gasteiger partial charge in [-0.3, -0.25) is 4.79 Å². The second-order valence-electron chi connectivity index (χ2n) is 3.73. The quantitative estimate of drug-likeness (QED) is 0.728. The molecule has 76 valence electrons. The van der Waals surface area contributed by atoms with E-state index in [-0.39, 0.29) is 11.7 Å². The molecule has 0 amide bonds. The van der Waals surface area contributed by atoms with E-state index in [1.54, 1.807) is 0 Å². The van der Waals surface area contributed by atoms with Crippen molar-refractivity contribution in [1.82, 2.24) is 0 Å². The number of carboxylic acids is 1. The van der Waals surface area contributed by atoms with E-state index >= 15 is 0 Å². The highest BCUT2D eigenvalue weighted by Gasteiger charge is 2.34. The third kappa shape index (κ3) is 2.99. The fraction of sp³-hybridized carbons (Fsp3) is 0.875.